The Balaban J connectivity index is 3.21. The van der Waals surface area contributed by atoms with Crippen molar-refractivity contribution in [3.8, 4) is 5.75 Å². The van der Waals surface area contributed by atoms with Gasteiger partial charge in [0, 0.05) is 0 Å². The summed E-state index contributed by atoms with van der Waals surface area (Å²) < 4.78 is 6.01. The summed E-state index contributed by atoms with van der Waals surface area (Å²) in [6.07, 6.45) is 1.01. The first-order valence-electron chi connectivity index (χ1n) is 8.93. The second kappa shape index (κ2) is 8.70. The minimum atomic E-state index is 0.127. The van der Waals surface area contributed by atoms with Crippen LogP contribution in [0.25, 0.3) is 0 Å². The lowest BCUT2D eigenvalue weighted by Crippen LogP contribution is -2.31. The third kappa shape index (κ3) is 5.22. The van der Waals surface area contributed by atoms with Gasteiger partial charge in [0.05, 0.1) is 6.61 Å². The average Bonchev–Trinajstić information content (AvgIpc) is 2.52. The van der Waals surface area contributed by atoms with Crippen LogP contribution in [-0.2, 0) is 5.41 Å². The average molecular weight is 321 g/mol. The van der Waals surface area contributed by atoms with E-state index in [1.807, 2.05) is 0 Å². The van der Waals surface area contributed by atoms with Crippen LogP contribution in [0.3, 0.4) is 0 Å². The molecule has 23 heavy (non-hydrogen) atoms. The first-order valence-corrected chi connectivity index (χ1v) is 8.93. The summed E-state index contributed by atoms with van der Waals surface area (Å²) >= 11 is 0. The van der Waals surface area contributed by atoms with E-state index in [0.717, 1.165) is 18.8 Å². The summed E-state index contributed by atoms with van der Waals surface area (Å²) in [5.74, 6) is 2.12. The van der Waals surface area contributed by atoms with E-state index >= 15 is 0 Å². The molecule has 2 atom stereocenters. The van der Waals surface area contributed by atoms with Gasteiger partial charge in [-0.05, 0) is 59.9 Å². The Morgan fingerprint density at radius 1 is 1.09 bits per heavy atom. The lowest BCUT2D eigenvalue weighted by molar-refractivity contribution is 0.293. The predicted octanol–water partition coefficient (Wildman–Crippen LogP) is 4.05. The van der Waals surface area contributed by atoms with Gasteiger partial charge in [0.15, 0.2) is 0 Å². The number of nitrogens with two attached hydrogens (primary N) is 2. The zero-order chi connectivity index (χ0) is 17.6. The molecule has 1 aromatic rings. The molecule has 0 aliphatic heterocycles. The highest BCUT2D eigenvalue weighted by Crippen LogP contribution is 2.37. The Morgan fingerprint density at radius 2 is 1.70 bits per heavy atom. The zero-order valence-electron chi connectivity index (χ0n) is 15.9. The molecule has 1 aromatic carbocycles. The molecule has 2 unspecified atom stereocenters. The molecule has 132 valence electrons. The van der Waals surface area contributed by atoms with E-state index in [0.29, 0.717) is 30.8 Å². The van der Waals surface area contributed by atoms with Gasteiger partial charge in [0.2, 0.25) is 0 Å². The van der Waals surface area contributed by atoms with Crippen molar-refractivity contribution in [3.05, 3.63) is 29.3 Å². The van der Waals surface area contributed by atoms with Crippen molar-refractivity contribution in [2.45, 2.75) is 59.3 Å². The van der Waals surface area contributed by atoms with Gasteiger partial charge in [-0.1, -0.05) is 53.7 Å². The van der Waals surface area contributed by atoms with E-state index in [9.17, 15) is 0 Å². The molecule has 0 spiro atoms. The van der Waals surface area contributed by atoms with Crippen molar-refractivity contribution >= 4 is 0 Å². The summed E-state index contributed by atoms with van der Waals surface area (Å²) in [4.78, 5) is 0. The third-order valence-corrected chi connectivity index (χ3v) is 4.97. The maximum Gasteiger partial charge on any atom is 0.122 e. The van der Waals surface area contributed by atoms with Crippen molar-refractivity contribution in [2.75, 3.05) is 19.7 Å². The fourth-order valence-corrected chi connectivity index (χ4v) is 2.93. The van der Waals surface area contributed by atoms with Gasteiger partial charge in [-0.25, -0.2) is 0 Å². The molecule has 1 rings (SSSR count). The van der Waals surface area contributed by atoms with Crippen LogP contribution < -0.4 is 16.2 Å². The van der Waals surface area contributed by atoms with Crippen LogP contribution in [0.1, 0.15) is 65.0 Å². The van der Waals surface area contributed by atoms with Crippen molar-refractivity contribution in [2.24, 2.45) is 23.3 Å². The second-order valence-corrected chi connectivity index (χ2v) is 7.73. The van der Waals surface area contributed by atoms with Gasteiger partial charge in [-0.3, -0.25) is 0 Å². The fourth-order valence-electron chi connectivity index (χ4n) is 2.93. The summed E-state index contributed by atoms with van der Waals surface area (Å²) in [5, 5.41) is 0. The van der Waals surface area contributed by atoms with Crippen LogP contribution in [0, 0.1) is 11.8 Å². The molecule has 0 saturated carbocycles. The molecular weight excluding hydrogens is 284 g/mol. The van der Waals surface area contributed by atoms with Gasteiger partial charge < -0.3 is 16.2 Å². The van der Waals surface area contributed by atoms with Gasteiger partial charge in [-0.2, -0.15) is 0 Å². The van der Waals surface area contributed by atoms with E-state index in [2.05, 4.69) is 59.7 Å². The van der Waals surface area contributed by atoms with E-state index in [1.54, 1.807) is 0 Å². The van der Waals surface area contributed by atoms with Crippen molar-refractivity contribution in [3.63, 3.8) is 0 Å². The standard InChI is InChI=1S/C20H36N2O/c1-7-10-23-19-9-8-17(20(4,5)6)11-18(19)15(3)14(2)16(12-21)13-22/h8-9,11,14-16H,7,10,12-13,21-22H2,1-6H3. The van der Waals surface area contributed by atoms with Crippen LogP contribution in [0.15, 0.2) is 18.2 Å². The summed E-state index contributed by atoms with van der Waals surface area (Å²) in [6.45, 7) is 15.4. The van der Waals surface area contributed by atoms with Crippen molar-refractivity contribution < 1.29 is 4.74 Å². The van der Waals surface area contributed by atoms with Gasteiger partial charge >= 0.3 is 0 Å². The molecule has 0 fully saturated rings. The lowest BCUT2D eigenvalue weighted by atomic mass is 9.77. The molecule has 0 radical (unpaired) electrons. The minimum absolute atomic E-state index is 0.127. The Hall–Kier alpha value is -1.06. The van der Waals surface area contributed by atoms with Crippen molar-refractivity contribution in [1.29, 1.82) is 0 Å². The van der Waals surface area contributed by atoms with Crippen LogP contribution in [0.2, 0.25) is 0 Å². The molecule has 0 amide bonds. The number of hydrogen-bond donors (Lipinski definition) is 2. The van der Waals surface area contributed by atoms with E-state index in [1.165, 1.54) is 11.1 Å². The molecule has 0 aliphatic carbocycles. The second-order valence-electron chi connectivity index (χ2n) is 7.73. The largest absolute Gasteiger partial charge is 0.493 e. The van der Waals surface area contributed by atoms with Crippen LogP contribution in [0.5, 0.6) is 5.75 Å². The first kappa shape index (κ1) is 20.0. The number of ether oxygens (including phenoxy) is 1. The quantitative estimate of drug-likeness (QED) is 0.759. The minimum Gasteiger partial charge on any atom is -0.493 e. The summed E-state index contributed by atoms with van der Waals surface area (Å²) in [7, 11) is 0. The van der Waals surface area contributed by atoms with E-state index in [4.69, 9.17) is 16.2 Å². The molecule has 0 bridgehead atoms. The van der Waals surface area contributed by atoms with Gasteiger partial charge in [-0.15, -0.1) is 0 Å². The topological polar surface area (TPSA) is 61.3 Å². The molecule has 0 aliphatic rings. The van der Waals surface area contributed by atoms with E-state index < -0.39 is 0 Å². The van der Waals surface area contributed by atoms with Crippen LogP contribution >= 0.6 is 0 Å². The third-order valence-electron chi connectivity index (χ3n) is 4.97. The fraction of sp³-hybridized carbons (Fsp3) is 0.700. The molecule has 0 aromatic heterocycles. The molecular formula is C20H36N2O. The highest BCUT2D eigenvalue weighted by Gasteiger charge is 2.26. The molecule has 0 heterocycles. The Morgan fingerprint density at radius 3 is 2.17 bits per heavy atom. The first-order chi connectivity index (χ1) is 10.8. The Bertz CT molecular complexity index is 475. The lowest BCUT2D eigenvalue weighted by Gasteiger charge is -2.30. The maximum absolute atomic E-state index is 6.01. The molecule has 0 saturated heterocycles. The highest BCUT2D eigenvalue weighted by atomic mass is 16.5. The SMILES string of the molecule is CCCOc1ccc(C(C)(C)C)cc1C(C)C(C)C(CN)CN. The van der Waals surface area contributed by atoms with Gasteiger partial charge in [0.25, 0.3) is 0 Å². The summed E-state index contributed by atoms with van der Waals surface area (Å²) in [6, 6.07) is 6.64. The molecule has 4 N–H and O–H groups in total. The number of benzene rings is 1. The summed E-state index contributed by atoms with van der Waals surface area (Å²) in [5.41, 5.74) is 14.6. The van der Waals surface area contributed by atoms with E-state index in [-0.39, 0.29) is 5.41 Å². The highest BCUT2D eigenvalue weighted by molar-refractivity contribution is 5.42. The monoisotopic (exact) mass is 320 g/mol. The van der Waals surface area contributed by atoms with Crippen LogP contribution in [0.4, 0.5) is 0 Å². The maximum atomic E-state index is 6.01. The van der Waals surface area contributed by atoms with Crippen molar-refractivity contribution in [1.82, 2.24) is 0 Å². The Kier molecular flexibility index (Phi) is 7.56. The molecule has 3 nitrogen and oxygen atoms in total. The number of rotatable bonds is 8. The predicted molar refractivity (Wildman–Crippen MR) is 100 cm³/mol. The van der Waals surface area contributed by atoms with Gasteiger partial charge in [0.1, 0.15) is 5.75 Å². The zero-order valence-corrected chi connectivity index (χ0v) is 15.9. The Labute approximate surface area is 142 Å². The number of hydrogen-bond acceptors (Lipinski definition) is 3. The normalized spacial score (nSPS) is 14.8. The molecule has 3 heteroatoms. The van der Waals surface area contributed by atoms with Crippen LogP contribution in [-0.4, -0.2) is 19.7 Å². The smallest absolute Gasteiger partial charge is 0.122 e.